The van der Waals surface area contributed by atoms with E-state index in [-0.39, 0.29) is 18.5 Å². The smallest absolute Gasteiger partial charge is 0.310 e. The number of ether oxygens (including phenoxy) is 3. The Labute approximate surface area is 253 Å². The van der Waals surface area contributed by atoms with Crippen molar-refractivity contribution in [2.75, 3.05) is 33.4 Å². The SMILES string of the molecule is COCC(C)OC(=O)Cc1ccccc1OCc1cc(-c2cccc(CN)c2)c2oc(CNCC3CCCNC3)cc2c1. The maximum absolute atomic E-state index is 12.5. The van der Waals surface area contributed by atoms with E-state index in [1.54, 1.807) is 7.11 Å². The predicted molar refractivity (Wildman–Crippen MR) is 169 cm³/mol. The van der Waals surface area contributed by atoms with Crippen LogP contribution < -0.4 is 21.1 Å². The minimum absolute atomic E-state index is 0.120. The molecular weight excluding hydrogens is 542 g/mol. The molecule has 1 saturated heterocycles. The number of hydrogen-bond acceptors (Lipinski definition) is 8. The molecule has 43 heavy (non-hydrogen) atoms. The Morgan fingerprint density at radius 3 is 2.81 bits per heavy atom. The van der Waals surface area contributed by atoms with Crippen molar-refractivity contribution in [3.05, 3.63) is 89.2 Å². The average molecular weight is 586 g/mol. The lowest BCUT2D eigenvalue weighted by molar-refractivity contribution is -0.149. The molecule has 0 aliphatic carbocycles. The summed E-state index contributed by atoms with van der Waals surface area (Å²) in [6.07, 6.45) is 2.29. The summed E-state index contributed by atoms with van der Waals surface area (Å²) in [5.74, 6) is 1.89. The molecule has 8 nitrogen and oxygen atoms in total. The Hall–Kier alpha value is -3.69. The van der Waals surface area contributed by atoms with Crippen LogP contribution in [0.4, 0.5) is 0 Å². The van der Waals surface area contributed by atoms with Crippen LogP contribution in [-0.2, 0) is 40.4 Å². The summed E-state index contributed by atoms with van der Waals surface area (Å²) < 4.78 is 23.3. The van der Waals surface area contributed by atoms with Crippen LogP contribution in [0.5, 0.6) is 5.75 Å². The Kier molecular flexibility index (Phi) is 10.8. The maximum Gasteiger partial charge on any atom is 0.310 e. The number of para-hydroxylation sites is 1. The largest absolute Gasteiger partial charge is 0.489 e. The molecule has 3 aromatic carbocycles. The summed E-state index contributed by atoms with van der Waals surface area (Å²) in [5.41, 5.74) is 11.7. The molecule has 2 unspecified atom stereocenters. The van der Waals surface area contributed by atoms with Crippen LogP contribution in [0.2, 0.25) is 0 Å². The average Bonchev–Trinajstić information content (AvgIpc) is 3.43. The summed E-state index contributed by atoms with van der Waals surface area (Å²) in [6, 6.07) is 22.2. The number of nitrogens with two attached hydrogens (primary N) is 1. The van der Waals surface area contributed by atoms with Crippen molar-refractivity contribution in [1.29, 1.82) is 0 Å². The normalized spacial score (nSPS) is 15.8. The van der Waals surface area contributed by atoms with Crippen LogP contribution in [0.25, 0.3) is 22.1 Å². The van der Waals surface area contributed by atoms with E-state index in [9.17, 15) is 4.79 Å². The molecule has 228 valence electrons. The molecule has 0 saturated carbocycles. The number of benzene rings is 3. The summed E-state index contributed by atoms with van der Waals surface area (Å²) in [5, 5.41) is 8.10. The van der Waals surface area contributed by atoms with Crippen molar-refractivity contribution < 1.29 is 23.4 Å². The lowest BCUT2D eigenvalue weighted by Crippen LogP contribution is -2.35. The molecule has 0 bridgehead atoms. The van der Waals surface area contributed by atoms with Crippen molar-refractivity contribution in [2.24, 2.45) is 11.7 Å². The second kappa shape index (κ2) is 15.2. The van der Waals surface area contributed by atoms with E-state index in [4.69, 9.17) is 24.4 Å². The van der Waals surface area contributed by atoms with Gasteiger partial charge in [-0.2, -0.15) is 0 Å². The predicted octanol–water partition coefficient (Wildman–Crippen LogP) is 5.35. The van der Waals surface area contributed by atoms with E-state index in [0.717, 1.165) is 64.2 Å². The summed E-state index contributed by atoms with van der Waals surface area (Å²) in [6.45, 7) is 6.78. The van der Waals surface area contributed by atoms with Crippen molar-refractivity contribution in [2.45, 2.75) is 52.0 Å². The Morgan fingerprint density at radius 1 is 1.12 bits per heavy atom. The molecule has 1 aromatic heterocycles. The number of methoxy groups -OCH3 is 1. The third-order valence-corrected chi connectivity index (χ3v) is 7.77. The summed E-state index contributed by atoms with van der Waals surface area (Å²) in [7, 11) is 1.59. The van der Waals surface area contributed by atoms with Crippen LogP contribution in [0.3, 0.4) is 0 Å². The molecule has 0 radical (unpaired) electrons. The lowest BCUT2D eigenvalue weighted by atomic mass is 9.99. The van der Waals surface area contributed by atoms with Gasteiger partial charge in [-0.3, -0.25) is 4.79 Å². The number of fused-ring (bicyclic) bond motifs is 1. The molecule has 1 aliphatic rings. The highest BCUT2D eigenvalue weighted by Crippen LogP contribution is 2.34. The van der Waals surface area contributed by atoms with Crippen LogP contribution in [0.15, 0.2) is 71.1 Å². The highest BCUT2D eigenvalue weighted by atomic mass is 16.6. The number of rotatable bonds is 14. The quantitative estimate of drug-likeness (QED) is 0.170. The topological polar surface area (TPSA) is 108 Å². The van der Waals surface area contributed by atoms with Gasteiger partial charge in [0.1, 0.15) is 29.8 Å². The van der Waals surface area contributed by atoms with Gasteiger partial charge in [-0.15, -0.1) is 0 Å². The van der Waals surface area contributed by atoms with E-state index in [1.807, 2.05) is 43.3 Å². The molecule has 0 amide bonds. The second-order valence-corrected chi connectivity index (χ2v) is 11.4. The Balaban J connectivity index is 1.35. The van der Waals surface area contributed by atoms with E-state index in [2.05, 4.69) is 41.0 Å². The van der Waals surface area contributed by atoms with E-state index in [1.165, 1.54) is 12.8 Å². The first-order valence-corrected chi connectivity index (χ1v) is 15.2. The minimum Gasteiger partial charge on any atom is -0.489 e. The fourth-order valence-corrected chi connectivity index (χ4v) is 5.66. The summed E-state index contributed by atoms with van der Waals surface area (Å²) in [4.78, 5) is 12.5. The van der Waals surface area contributed by atoms with E-state index < -0.39 is 0 Å². The van der Waals surface area contributed by atoms with Crippen LogP contribution in [-0.4, -0.2) is 45.4 Å². The lowest BCUT2D eigenvalue weighted by Gasteiger charge is -2.22. The maximum atomic E-state index is 12.5. The minimum atomic E-state index is -0.316. The van der Waals surface area contributed by atoms with Gasteiger partial charge in [0.05, 0.1) is 19.6 Å². The Morgan fingerprint density at radius 2 is 2.00 bits per heavy atom. The van der Waals surface area contributed by atoms with Gasteiger partial charge in [0, 0.05) is 30.2 Å². The van der Waals surface area contributed by atoms with Crippen LogP contribution in [0.1, 0.15) is 42.2 Å². The summed E-state index contributed by atoms with van der Waals surface area (Å²) >= 11 is 0. The number of carbonyl (C=O) groups excluding carboxylic acids is 1. The zero-order valence-corrected chi connectivity index (χ0v) is 25.2. The fraction of sp³-hybridized carbons (Fsp3) is 0.400. The molecule has 2 heterocycles. The first-order chi connectivity index (χ1) is 21.0. The monoisotopic (exact) mass is 585 g/mol. The number of esters is 1. The Bertz CT molecular complexity index is 1490. The third kappa shape index (κ3) is 8.45. The first kappa shape index (κ1) is 30.8. The molecule has 1 fully saturated rings. The molecule has 4 aromatic rings. The highest BCUT2D eigenvalue weighted by Gasteiger charge is 2.17. The number of piperidine rings is 1. The van der Waals surface area contributed by atoms with Gasteiger partial charge in [0.2, 0.25) is 0 Å². The number of carbonyl (C=O) groups is 1. The molecule has 1 aliphatic heterocycles. The number of nitrogens with one attached hydrogen (secondary N) is 2. The molecule has 4 N–H and O–H groups in total. The van der Waals surface area contributed by atoms with E-state index >= 15 is 0 Å². The van der Waals surface area contributed by atoms with Crippen molar-refractivity contribution >= 4 is 16.9 Å². The van der Waals surface area contributed by atoms with E-state index in [0.29, 0.717) is 38.0 Å². The highest BCUT2D eigenvalue weighted by molar-refractivity contribution is 5.93. The molecule has 8 heteroatoms. The van der Waals surface area contributed by atoms with Gasteiger partial charge in [0.25, 0.3) is 0 Å². The number of hydrogen-bond donors (Lipinski definition) is 3. The van der Waals surface area contributed by atoms with Gasteiger partial charge in [-0.25, -0.2) is 0 Å². The van der Waals surface area contributed by atoms with Crippen LogP contribution in [0, 0.1) is 5.92 Å². The molecular formula is C35H43N3O5. The van der Waals surface area contributed by atoms with Gasteiger partial charge >= 0.3 is 5.97 Å². The number of furan rings is 1. The fourth-order valence-electron chi connectivity index (χ4n) is 5.66. The molecule has 2 atom stereocenters. The van der Waals surface area contributed by atoms with Gasteiger partial charge < -0.3 is 35.0 Å². The van der Waals surface area contributed by atoms with Crippen molar-refractivity contribution in [3.63, 3.8) is 0 Å². The van der Waals surface area contributed by atoms with Gasteiger partial charge in [-0.1, -0.05) is 36.4 Å². The van der Waals surface area contributed by atoms with Crippen molar-refractivity contribution in [3.8, 4) is 16.9 Å². The van der Waals surface area contributed by atoms with Crippen LogP contribution >= 0.6 is 0 Å². The van der Waals surface area contributed by atoms with Gasteiger partial charge in [-0.05, 0) is 92.3 Å². The standard InChI is InChI=1S/C35H43N3O5/c1-24(22-40-2)42-34(39)17-29-9-3-4-11-33(29)41-23-27-14-30-16-31(21-38-20-26-8-6-12-37-19-26)43-35(30)32(15-27)28-10-5-7-25(13-28)18-36/h3-5,7,9-11,13-16,24,26,37-38H,6,8,12,17-23,36H2,1-2H3. The second-order valence-electron chi connectivity index (χ2n) is 11.4. The zero-order chi connectivity index (χ0) is 30.0. The van der Waals surface area contributed by atoms with Crippen molar-refractivity contribution in [1.82, 2.24) is 10.6 Å². The molecule has 5 rings (SSSR count). The zero-order valence-electron chi connectivity index (χ0n) is 25.2. The molecule has 0 spiro atoms. The van der Waals surface area contributed by atoms with Gasteiger partial charge in [0.15, 0.2) is 0 Å². The third-order valence-electron chi connectivity index (χ3n) is 7.77. The first-order valence-electron chi connectivity index (χ1n) is 15.2.